The lowest BCUT2D eigenvalue weighted by Gasteiger charge is -2.36. The molecule has 0 fully saturated rings. The van der Waals surface area contributed by atoms with E-state index in [1.807, 2.05) is 34.9 Å². The zero-order valence-corrected chi connectivity index (χ0v) is 29.9. The van der Waals surface area contributed by atoms with Gasteiger partial charge in [-0.3, -0.25) is 14.3 Å². The Morgan fingerprint density at radius 1 is 1.11 bits per heavy atom. The van der Waals surface area contributed by atoms with Crippen molar-refractivity contribution in [2.75, 3.05) is 58.7 Å². The molecule has 2 N–H and O–H groups in total. The summed E-state index contributed by atoms with van der Waals surface area (Å²) in [4.78, 5) is 32.7. The summed E-state index contributed by atoms with van der Waals surface area (Å²) in [7, 11) is 1.83. The molecular formula is C35H54N4O7S. The normalized spacial score (nSPS) is 20.6. The van der Waals surface area contributed by atoms with E-state index in [-0.39, 0.29) is 53.3 Å². The highest BCUT2D eigenvalue weighted by Gasteiger charge is 2.31. The van der Waals surface area contributed by atoms with Crippen LogP contribution >= 0.6 is 0 Å². The van der Waals surface area contributed by atoms with Crippen LogP contribution in [0, 0.1) is 12.8 Å². The second-order valence-electron chi connectivity index (χ2n) is 13.1. The molecule has 2 aromatic carbocycles. The van der Waals surface area contributed by atoms with Gasteiger partial charge in [-0.2, -0.15) is 0 Å². The van der Waals surface area contributed by atoms with Crippen LogP contribution in [-0.4, -0.2) is 112 Å². The molecule has 47 heavy (non-hydrogen) atoms. The minimum atomic E-state index is -3.92. The zero-order valence-electron chi connectivity index (χ0n) is 29.1. The number of aliphatic hydroxyl groups is 1. The first-order valence-corrected chi connectivity index (χ1v) is 18.0. The average Bonchev–Trinajstić information content (AvgIpc) is 3.02. The minimum Gasteiger partial charge on any atom is -0.490 e. The number of aryl methyl sites for hydroxylation is 1. The highest BCUT2D eigenvalue weighted by atomic mass is 32.2. The summed E-state index contributed by atoms with van der Waals surface area (Å²) in [5, 5.41) is 10.2. The lowest BCUT2D eigenvalue weighted by molar-refractivity contribution is -0.132. The van der Waals surface area contributed by atoms with Crippen LogP contribution in [0.2, 0.25) is 0 Å². The first-order valence-electron chi connectivity index (χ1n) is 16.5. The molecule has 0 aliphatic carbocycles. The summed E-state index contributed by atoms with van der Waals surface area (Å²) >= 11 is 0. The van der Waals surface area contributed by atoms with Gasteiger partial charge >= 0.3 is 0 Å². The molecule has 262 valence electrons. The van der Waals surface area contributed by atoms with Crippen LogP contribution in [0.1, 0.15) is 68.8 Å². The molecule has 1 aliphatic rings. The van der Waals surface area contributed by atoms with Gasteiger partial charge in [0.2, 0.25) is 5.91 Å². The number of nitrogens with zero attached hydrogens (tertiary/aromatic N) is 3. The van der Waals surface area contributed by atoms with Gasteiger partial charge in [-0.15, -0.1) is 0 Å². The first kappa shape index (κ1) is 38.3. The number of carbonyl (C=O) groups excluding carboxylic acids is 2. The molecule has 4 atom stereocenters. The minimum absolute atomic E-state index is 0.0410. The van der Waals surface area contributed by atoms with Crippen molar-refractivity contribution >= 4 is 27.5 Å². The summed E-state index contributed by atoms with van der Waals surface area (Å²) in [6.45, 7) is 9.23. The van der Waals surface area contributed by atoms with Crippen LogP contribution in [0.15, 0.2) is 47.4 Å². The van der Waals surface area contributed by atoms with Gasteiger partial charge in [0.25, 0.3) is 15.9 Å². The molecular weight excluding hydrogens is 620 g/mol. The fourth-order valence-electron chi connectivity index (χ4n) is 5.49. The maximum Gasteiger partial charge on any atom is 0.261 e. The Bertz CT molecular complexity index is 1420. The number of sulfonamides is 1. The predicted molar refractivity (Wildman–Crippen MR) is 184 cm³/mol. The quantitative estimate of drug-likeness (QED) is 0.359. The van der Waals surface area contributed by atoms with Crippen LogP contribution in [-0.2, 0) is 19.6 Å². The number of benzene rings is 2. The van der Waals surface area contributed by atoms with E-state index in [9.17, 15) is 23.1 Å². The third kappa shape index (κ3) is 11.5. The third-order valence-corrected chi connectivity index (χ3v) is 9.91. The summed E-state index contributed by atoms with van der Waals surface area (Å²) in [5.41, 5.74) is 1.34. The van der Waals surface area contributed by atoms with Gasteiger partial charge in [0.05, 0.1) is 35.3 Å². The SMILES string of the molecule is Cc1ccc(S(=O)(=O)Nc2ccc3c(c2)C(=O)N([C@@H](C)CO)C[C@@H](C)[C@H](CN(C)C(=O)CCCN(C)C)OCCCC[C@H](C)O3)cc1. The standard InChI is InChI=1S/C35H54N4O7S/c1-25-13-16-30(17-14-25)47(43,44)36-29-15-18-32-31(21-29)35(42)39(27(3)24-40)22-26(2)33(45-20-9-8-11-28(4)46-32)23-38(7)34(41)12-10-19-37(5)6/h13-18,21,26-28,33,36,40H,8-12,19-20,22-24H2,1-7H3/t26-,27+,28+,33+/m1/s1. The molecule has 3 rings (SSSR count). The van der Waals surface area contributed by atoms with Gasteiger partial charge in [-0.1, -0.05) is 24.6 Å². The topological polar surface area (TPSA) is 129 Å². The maximum atomic E-state index is 14.3. The van der Waals surface area contributed by atoms with E-state index in [2.05, 4.69) is 9.62 Å². The molecule has 2 amide bonds. The van der Waals surface area contributed by atoms with Crippen molar-refractivity contribution in [2.45, 2.75) is 82.9 Å². The van der Waals surface area contributed by atoms with E-state index in [1.165, 1.54) is 18.2 Å². The second kappa shape index (κ2) is 17.8. The summed E-state index contributed by atoms with van der Waals surface area (Å²) < 4.78 is 41.6. The third-order valence-electron chi connectivity index (χ3n) is 8.51. The average molecular weight is 675 g/mol. The number of ether oxygens (including phenoxy) is 2. The summed E-state index contributed by atoms with van der Waals surface area (Å²) in [5.74, 6) is -0.212. The number of hydrogen-bond acceptors (Lipinski definition) is 8. The molecule has 0 radical (unpaired) electrons. The van der Waals surface area contributed by atoms with E-state index in [0.29, 0.717) is 25.3 Å². The number of likely N-dealkylation sites (N-methyl/N-ethyl adjacent to an activating group) is 1. The van der Waals surface area contributed by atoms with Gasteiger partial charge in [0, 0.05) is 44.8 Å². The number of aliphatic hydroxyl groups excluding tert-OH is 1. The molecule has 1 aliphatic heterocycles. The van der Waals surface area contributed by atoms with E-state index in [1.54, 1.807) is 48.0 Å². The fraction of sp³-hybridized carbons (Fsp3) is 0.600. The molecule has 0 unspecified atom stereocenters. The van der Waals surface area contributed by atoms with E-state index in [4.69, 9.17) is 9.47 Å². The molecule has 0 saturated carbocycles. The molecule has 2 aromatic rings. The van der Waals surface area contributed by atoms with Gasteiger partial charge in [0.15, 0.2) is 0 Å². The lowest BCUT2D eigenvalue weighted by atomic mass is 10.0. The Kier molecular flexibility index (Phi) is 14.5. The van der Waals surface area contributed by atoms with Crippen molar-refractivity contribution in [3.05, 3.63) is 53.6 Å². The largest absolute Gasteiger partial charge is 0.490 e. The summed E-state index contributed by atoms with van der Waals surface area (Å²) in [6.07, 6.45) is 3.00. The highest BCUT2D eigenvalue weighted by Crippen LogP contribution is 2.29. The number of carbonyl (C=O) groups is 2. The van der Waals surface area contributed by atoms with Crippen molar-refractivity contribution in [3.8, 4) is 5.75 Å². The van der Waals surface area contributed by atoms with Crippen LogP contribution < -0.4 is 9.46 Å². The fourth-order valence-corrected chi connectivity index (χ4v) is 6.54. The Morgan fingerprint density at radius 3 is 2.47 bits per heavy atom. The van der Waals surface area contributed by atoms with E-state index >= 15 is 0 Å². The van der Waals surface area contributed by atoms with Crippen molar-refractivity contribution in [1.82, 2.24) is 14.7 Å². The number of rotatable bonds is 11. The summed E-state index contributed by atoms with van der Waals surface area (Å²) in [6, 6.07) is 10.7. The van der Waals surface area contributed by atoms with Gasteiger partial charge in [-0.05, 0) is 97.4 Å². The number of amides is 2. The molecule has 11 nitrogen and oxygen atoms in total. The smallest absolute Gasteiger partial charge is 0.261 e. The predicted octanol–water partition coefficient (Wildman–Crippen LogP) is 4.39. The Hall–Kier alpha value is -3.19. The van der Waals surface area contributed by atoms with Gasteiger partial charge in [0.1, 0.15) is 5.75 Å². The zero-order chi connectivity index (χ0) is 34.7. The highest BCUT2D eigenvalue weighted by molar-refractivity contribution is 7.92. The van der Waals surface area contributed by atoms with Crippen LogP contribution in [0.4, 0.5) is 5.69 Å². The number of nitrogens with one attached hydrogen (secondary N) is 1. The second-order valence-corrected chi connectivity index (χ2v) is 14.8. The molecule has 1 heterocycles. The van der Waals surface area contributed by atoms with Crippen molar-refractivity contribution in [1.29, 1.82) is 0 Å². The number of fused-ring (bicyclic) bond motifs is 1. The van der Waals surface area contributed by atoms with Gasteiger partial charge in [-0.25, -0.2) is 8.42 Å². The van der Waals surface area contributed by atoms with E-state index < -0.39 is 22.0 Å². The van der Waals surface area contributed by atoms with Crippen molar-refractivity contribution in [2.24, 2.45) is 5.92 Å². The maximum absolute atomic E-state index is 14.3. The molecule has 0 bridgehead atoms. The number of hydrogen-bond donors (Lipinski definition) is 2. The molecule has 0 aromatic heterocycles. The van der Waals surface area contributed by atoms with Crippen LogP contribution in [0.25, 0.3) is 0 Å². The Morgan fingerprint density at radius 2 is 1.81 bits per heavy atom. The monoisotopic (exact) mass is 674 g/mol. The van der Waals surface area contributed by atoms with Crippen LogP contribution in [0.5, 0.6) is 5.75 Å². The Balaban J connectivity index is 1.93. The number of anilines is 1. The van der Waals surface area contributed by atoms with Crippen molar-refractivity contribution in [3.63, 3.8) is 0 Å². The van der Waals surface area contributed by atoms with Crippen LogP contribution in [0.3, 0.4) is 0 Å². The van der Waals surface area contributed by atoms with Gasteiger partial charge < -0.3 is 29.3 Å². The van der Waals surface area contributed by atoms with E-state index in [0.717, 1.165) is 37.8 Å². The Labute approximate surface area is 281 Å². The van der Waals surface area contributed by atoms with Crippen molar-refractivity contribution < 1.29 is 32.6 Å². The molecule has 0 spiro atoms. The first-order chi connectivity index (χ1) is 22.2. The molecule has 0 saturated heterocycles. The lowest BCUT2D eigenvalue weighted by Crippen LogP contribution is -2.48. The molecule has 12 heteroatoms.